The van der Waals surface area contributed by atoms with Crippen molar-refractivity contribution >= 4 is 29.1 Å². The molecule has 0 radical (unpaired) electrons. The third kappa shape index (κ3) is 4.46. The van der Waals surface area contributed by atoms with E-state index in [2.05, 4.69) is 23.5 Å². The maximum atomic E-state index is 12.0. The maximum Gasteiger partial charge on any atom is 0.234 e. The standard InChI is InChI=1S/C18H19NO2S/c1-12-7-8-13(2)17(9-12)22-11-18(21)19-16-6-4-5-15(10-16)14(3)20/h4-10H,11H2,1-3H3,(H,19,21). The second-order valence-corrected chi connectivity index (χ2v) is 6.26. The number of ketones is 1. The van der Waals surface area contributed by atoms with Crippen LogP contribution in [0.3, 0.4) is 0 Å². The van der Waals surface area contributed by atoms with Crippen LogP contribution in [0.2, 0.25) is 0 Å². The van der Waals surface area contributed by atoms with Gasteiger partial charge < -0.3 is 5.32 Å². The Labute approximate surface area is 135 Å². The van der Waals surface area contributed by atoms with Crippen molar-refractivity contribution in [1.82, 2.24) is 0 Å². The van der Waals surface area contributed by atoms with Crippen molar-refractivity contribution in [3.05, 3.63) is 59.2 Å². The van der Waals surface area contributed by atoms with Crippen molar-refractivity contribution < 1.29 is 9.59 Å². The third-order valence-electron chi connectivity index (χ3n) is 3.26. The number of carbonyl (C=O) groups excluding carboxylic acids is 2. The van der Waals surface area contributed by atoms with Crippen LogP contribution in [-0.4, -0.2) is 17.4 Å². The van der Waals surface area contributed by atoms with E-state index in [1.54, 1.807) is 24.3 Å². The summed E-state index contributed by atoms with van der Waals surface area (Å²) in [5.41, 5.74) is 3.60. The van der Waals surface area contributed by atoms with Gasteiger partial charge in [0.15, 0.2) is 5.78 Å². The fourth-order valence-corrected chi connectivity index (χ4v) is 2.94. The highest BCUT2D eigenvalue weighted by Gasteiger charge is 2.07. The Kier molecular flexibility index (Phi) is 5.39. The van der Waals surface area contributed by atoms with Crippen molar-refractivity contribution in [1.29, 1.82) is 0 Å². The summed E-state index contributed by atoms with van der Waals surface area (Å²) < 4.78 is 0. The van der Waals surface area contributed by atoms with Gasteiger partial charge in [0.1, 0.15) is 0 Å². The van der Waals surface area contributed by atoms with Gasteiger partial charge in [-0.3, -0.25) is 9.59 Å². The van der Waals surface area contributed by atoms with Gasteiger partial charge in [0, 0.05) is 16.1 Å². The van der Waals surface area contributed by atoms with Crippen LogP contribution in [0.25, 0.3) is 0 Å². The van der Waals surface area contributed by atoms with E-state index in [0.717, 1.165) is 4.90 Å². The van der Waals surface area contributed by atoms with Gasteiger partial charge in [-0.1, -0.05) is 29.8 Å². The fraction of sp³-hybridized carbons (Fsp3) is 0.222. The van der Waals surface area contributed by atoms with Crippen LogP contribution in [0.1, 0.15) is 28.4 Å². The first-order valence-corrected chi connectivity index (χ1v) is 8.05. The number of amides is 1. The molecule has 114 valence electrons. The molecule has 3 nitrogen and oxygen atoms in total. The number of benzene rings is 2. The Morgan fingerprint density at radius 2 is 1.86 bits per heavy atom. The maximum absolute atomic E-state index is 12.0. The highest BCUT2D eigenvalue weighted by molar-refractivity contribution is 8.00. The van der Waals surface area contributed by atoms with E-state index in [1.165, 1.54) is 29.8 Å². The minimum atomic E-state index is -0.0772. The Hall–Kier alpha value is -2.07. The second kappa shape index (κ2) is 7.27. The summed E-state index contributed by atoms with van der Waals surface area (Å²) in [6.07, 6.45) is 0. The summed E-state index contributed by atoms with van der Waals surface area (Å²) in [4.78, 5) is 24.5. The molecule has 1 N–H and O–H groups in total. The van der Waals surface area contributed by atoms with Gasteiger partial charge in [-0.2, -0.15) is 0 Å². The molecule has 0 spiro atoms. The Balaban J connectivity index is 1.97. The lowest BCUT2D eigenvalue weighted by Crippen LogP contribution is -2.14. The molecular formula is C18H19NO2S. The molecule has 0 saturated carbocycles. The Morgan fingerprint density at radius 3 is 2.59 bits per heavy atom. The Bertz CT molecular complexity index is 710. The second-order valence-electron chi connectivity index (χ2n) is 5.24. The zero-order chi connectivity index (χ0) is 16.1. The number of carbonyl (C=O) groups is 2. The number of rotatable bonds is 5. The molecule has 0 saturated heterocycles. The topological polar surface area (TPSA) is 46.2 Å². The lowest BCUT2D eigenvalue weighted by atomic mass is 10.1. The first-order chi connectivity index (χ1) is 10.5. The van der Waals surface area contributed by atoms with E-state index in [4.69, 9.17) is 0 Å². The van der Waals surface area contributed by atoms with E-state index in [1.807, 2.05) is 13.8 Å². The highest BCUT2D eigenvalue weighted by atomic mass is 32.2. The molecule has 0 heterocycles. The zero-order valence-corrected chi connectivity index (χ0v) is 13.8. The molecule has 0 aliphatic carbocycles. The minimum absolute atomic E-state index is 0.0131. The average Bonchev–Trinajstić information content (AvgIpc) is 2.48. The summed E-state index contributed by atoms with van der Waals surface area (Å²) in [6, 6.07) is 13.2. The number of hydrogen-bond donors (Lipinski definition) is 1. The number of thioether (sulfide) groups is 1. The number of hydrogen-bond acceptors (Lipinski definition) is 3. The fourth-order valence-electron chi connectivity index (χ4n) is 2.02. The van der Waals surface area contributed by atoms with E-state index in [9.17, 15) is 9.59 Å². The number of anilines is 1. The van der Waals surface area contributed by atoms with Gasteiger partial charge in [-0.15, -0.1) is 11.8 Å². The molecule has 0 unspecified atom stereocenters. The molecule has 0 aliphatic heterocycles. The van der Waals surface area contributed by atoms with Gasteiger partial charge in [-0.25, -0.2) is 0 Å². The lowest BCUT2D eigenvalue weighted by molar-refractivity contribution is -0.113. The van der Waals surface area contributed by atoms with Crippen molar-refractivity contribution in [3.8, 4) is 0 Å². The monoisotopic (exact) mass is 313 g/mol. The first kappa shape index (κ1) is 16.3. The quantitative estimate of drug-likeness (QED) is 0.663. The smallest absolute Gasteiger partial charge is 0.234 e. The van der Waals surface area contributed by atoms with Gasteiger partial charge in [0.2, 0.25) is 5.91 Å². The van der Waals surface area contributed by atoms with Crippen LogP contribution in [-0.2, 0) is 4.79 Å². The van der Waals surface area contributed by atoms with Crippen LogP contribution >= 0.6 is 11.8 Å². The molecule has 22 heavy (non-hydrogen) atoms. The normalized spacial score (nSPS) is 10.3. The molecule has 0 aliphatic rings. The van der Waals surface area contributed by atoms with Gasteiger partial charge in [0.25, 0.3) is 0 Å². The molecule has 2 aromatic rings. The molecule has 1 amide bonds. The first-order valence-electron chi connectivity index (χ1n) is 7.06. The molecule has 0 fully saturated rings. The molecule has 4 heteroatoms. The van der Waals surface area contributed by atoms with E-state index in [0.29, 0.717) is 17.0 Å². The van der Waals surface area contributed by atoms with Crippen LogP contribution in [0.15, 0.2) is 47.4 Å². The van der Waals surface area contributed by atoms with Gasteiger partial charge >= 0.3 is 0 Å². The van der Waals surface area contributed by atoms with Crippen LogP contribution < -0.4 is 5.32 Å². The minimum Gasteiger partial charge on any atom is -0.325 e. The molecular weight excluding hydrogens is 294 g/mol. The lowest BCUT2D eigenvalue weighted by Gasteiger charge is -2.08. The van der Waals surface area contributed by atoms with Crippen LogP contribution in [0, 0.1) is 13.8 Å². The summed E-state index contributed by atoms with van der Waals surface area (Å²) in [6.45, 7) is 5.59. The van der Waals surface area contributed by atoms with Gasteiger partial charge in [-0.05, 0) is 44.5 Å². The largest absolute Gasteiger partial charge is 0.325 e. The SMILES string of the molecule is CC(=O)c1cccc(NC(=O)CSc2cc(C)ccc2C)c1. The van der Waals surface area contributed by atoms with Crippen LogP contribution in [0.4, 0.5) is 5.69 Å². The van der Waals surface area contributed by atoms with E-state index in [-0.39, 0.29) is 11.7 Å². The van der Waals surface area contributed by atoms with Crippen molar-refractivity contribution in [2.45, 2.75) is 25.7 Å². The molecule has 0 aromatic heterocycles. The number of aryl methyl sites for hydroxylation is 2. The third-order valence-corrected chi connectivity index (χ3v) is 4.41. The van der Waals surface area contributed by atoms with Crippen molar-refractivity contribution in [2.24, 2.45) is 0 Å². The van der Waals surface area contributed by atoms with E-state index >= 15 is 0 Å². The number of Topliss-reactive ketones (excluding diaryl/α,β-unsaturated/α-hetero) is 1. The summed E-state index contributed by atoms with van der Waals surface area (Å²) in [5, 5.41) is 2.83. The van der Waals surface area contributed by atoms with Crippen molar-refractivity contribution in [2.75, 3.05) is 11.1 Å². The highest BCUT2D eigenvalue weighted by Crippen LogP contribution is 2.23. The zero-order valence-electron chi connectivity index (χ0n) is 13.0. The molecule has 0 atom stereocenters. The molecule has 2 aromatic carbocycles. The summed E-state index contributed by atoms with van der Waals surface area (Å²) in [5.74, 6) is 0.252. The average molecular weight is 313 g/mol. The van der Waals surface area contributed by atoms with E-state index < -0.39 is 0 Å². The predicted molar refractivity (Wildman–Crippen MR) is 91.7 cm³/mol. The predicted octanol–water partition coefficient (Wildman–Crippen LogP) is 4.24. The Morgan fingerprint density at radius 1 is 1.09 bits per heavy atom. The number of nitrogens with one attached hydrogen (secondary N) is 1. The summed E-state index contributed by atoms with van der Waals surface area (Å²) >= 11 is 1.52. The van der Waals surface area contributed by atoms with Gasteiger partial charge in [0.05, 0.1) is 5.75 Å². The molecule has 2 rings (SSSR count). The molecule has 0 bridgehead atoms. The van der Waals surface area contributed by atoms with Crippen LogP contribution in [0.5, 0.6) is 0 Å². The summed E-state index contributed by atoms with van der Waals surface area (Å²) in [7, 11) is 0. The van der Waals surface area contributed by atoms with Crippen molar-refractivity contribution in [3.63, 3.8) is 0 Å².